The van der Waals surface area contributed by atoms with E-state index >= 15 is 0 Å². The summed E-state index contributed by atoms with van der Waals surface area (Å²) >= 11 is 0. The molecule has 0 aliphatic rings. The van der Waals surface area contributed by atoms with Crippen molar-refractivity contribution in [3.63, 3.8) is 0 Å². The Balaban J connectivity index is 1.17. The van der Waals surface area contributed by atoms with Gasteiger partial charge >= 0.3 is 0 Å². The van der Waals surface area contributed by atoms with Gasteiger partial charge in [0.25, 0.3) is 0 Å². The van der Waals surface area contributed by atoms with Crippen molar-refractivity contribution in [3.05, 3.63) is 194 Å². The monoisotopic (exact) mass is 658 g/mol. The van der Waals surface area contributed by atoms with Gasteiger partial charge < -0.3 is 4.42 Å². The molecule has 0 saturated heterocycles. The summed E-state index contributed by atoms with van der Waals surface area (Å²) in [5, 5.41) is 5.85. The molecule has 0 N–H and O–H groups in total. The number of benzene rings is 9. The number of furan rings is 1. The van der Waals surface area contributed by atoms with Crippen molar-refractivity contribution in [3.8, 4) is 55.6 Å². The van der Waals surface area contributed by atoms with Crippen LogP contribution in [-0.2, 0) is 0 Å². The molecule has 238 valence electrons. The molecule has 1 heteroatoms. The van der Waals surface area contributed by atoms with E-state index in [4.69, 9.17) is 18.1 Å². The summed E-state index contributed by atoms with van der Waals surface area (Å²) in [6.45, 7) is 0. The van der Waals surface area contributed by atoms with Crippen LogP contribution in [0.2, 0.25) is 0 Å². The predicted octanol–water partition coefficient (Wildman–Crippen LogP) is 14.2. The van der Waals surface area contributed by atoms with E-state index in [0.29, 0.717) is 22.3 Å². The Morgan fingerprint density at radius 1 is 0.333 bits per heavy atom. The van der Waals surface area contributed by atoms with E-state index in [1.807, 2.05) is 78.9 Å². The van der Waals surface area contributed by atoms with Crippen LogP contribution in [0.15, 0.2) is 198 Å². The van der Waals surface area contributed by atoms with Crippen molar-refractivity contribution in [2.75, 3.05) is 0 Å². The maximum absolute atomic E-state index is 8.57. The van der Waals surface area contributed by atoms with Crippen LogP contribution in [0.4, 0.5) is 0 Å². The van der Waals surface area contributed by atoms with Gasteiger partial charge in [-0.05, 0) is 95.4 Å². The zero-order chi connectivity index (χ0) is 42.4. The largest absolute Gasteiger partial charge is 0.456 e. The molecule has 0 saturated carbocycles. The first-order valence-electron chi connectivity index (χ1n) is 21.7. The summed E-state index contributed by atoms with van der Waals surface area (Å²) in [5.41, 5.74) is 8.37. The lowest BCUT2D eigenvalue weighted by atomic mass is 9.83. The smallest absolute Gasteiger partial charge is 0.136 e. The average molecular weight is 659 g/mol. The average Bonchev–Trinajstić information content (AvgIpc) is 3.67. The molecule has 0 spiro atoms. The minimum Gasteiger partial charge on any atom is -0.456 e. The minimum absolute atomic E-state index is 0.117. The lowest BCUT2D eigenvalue weighted by molar-refractivity contribution is 0.669. The molecule has 1 heterocycles. The first-order chi connectivity index (χ1) is 29.5. The van der Waals surface area contributed by atoms with Crippen molar-refractivity contribution >= 4 is 43.5 Å². The van der Waals surface area contributed by atoms with Gasteiger partial charge in [0.05, 0.1) is 13.7 Å². The first-order valence-corrected chi connectivity index (χ1v) is 16.7. The molecular formula is C50H32O. The number of hydrogen-bond donors (Lipinski definition) is 0. The molecule has 10 rings (SSSR count). The van der Waals surface area contributed by atoms with Crippen molar-refractivity contribution in [1.82, 2.24) is 0 Å². The first kappa shape index (κ1) is 20.7. The third kappa shape index (κ3) is 4.86. The fourth-order valence-electron chi connectivity index (χ4n) is 7.46. The van der Waals surface area contributed by atoms with E-state index in [0.717, 1.165) is 65.7 Å². The highest BCUT2D eigenvalue weighted by molar-refractivity contribution is 6.26. The standard InChI is InChI=1S/C50H32O/c1-3-14-33(15-4-1)35-26-28-36(29-27-35)38-18-7-8-19-39(38)48-40-20-9-11-22-42(40)49(43-23-12-10-21-41(43)48)45-24-13-25-46-50(45)44-31-30-37(32-47(44)51-46)34-16-5-2-6-17-34/h1-32H/i1D,2D,3D,4D,5D,6D,14D,15D,16D,17D. The van der Waals surface area contributed by atoms with Gasteiger partial charge in [-0.25, -0.2) is 0 Å². The quantitative estimate of drug-likeness (QED) is 0.168. The second-order valence-electron chi connectivity index (χ2n) is 12.5. The van der Waals surface area contributed by atoms with Crippen molar-refractivity contribution in [2.45, 2.75) is 0 Å². The lowest BCUT2D eigenvalue weighted by Gasteiger charge is -2.20. The van der Waals surface area contributed by atoms with Crippen molar-refractivity contribution < 1.29 is 18.1 Å². The molecule has 1 aromatic heterocycles. The van der Waals surface area contributed by atoms with Crippen LogP contribution >= 0.6 is 0 Å². The van der Waals surface area contributed by atoms with Crippen LogP contribution in [0.1, 0.15) is 13.7 Å². The van der Waals surface area contributed by atoms with Crippen LogP contribution in [0.3, 0.4) is 0 Å². The molecule has 9 aromatic carbocycles. The molecule has 1 nitrogen and oxygen atoms in total. The molecule has 0 unspecified atom stereocenters. The SMILES string of the molecule is [2H]c1c([2H])c([2H])c(-c2ccc(-c3ccccc3-c3c4ccccc4c(-c4cccc5oc6cc(-c7c([2H])c([2H])c([2H])c([2H])c7[2H])ccc6c45)c4ccccc34)cc2)c([2H])c1[2H]. The van der Waals surface area contributed by atoms with Crippen molar-refractivity contribution in [1.29, 1.82) is 0 Å². The van der Waals surface area contributed by atoms with Crippen LogP contribution < -0.4 is 0 Å². The Bertz CT molecular complexity index is 3370. The summed E-state index contributed by atoms with van der Waals surface area (Å²) < 4.78 is 89.6. The van der Waals surface area contributed by atoms with E-state index in [1.54, 1.807) is 12.1 Å². The van der Waals surface area contributed by atoms with E-state index in [-0.39, 0.29) is 47.4 Å². The third-order valence-corrected chi connectivity index (χ3v) is 9.67. The number of hydrogen-bond acceptors (Lipinski definition) is 1. The van der Waals surface area contributed by atoms with Crippen LogP contribution in [0.5, 0.6) is 0 Å². The normalized spacial score (nSPS) is 14.3. The Kier molecular flexibility index (Phi) is 4.88. The Hall–Kier alpha value is -6.70. The van der Waals surface area contributed by atoms with Crippen LogP contribution in [0, 0.1) is 0 Å². The Morgan fingerprint density at radius 3 is 1.45 bits per heavy atom. The van der Waals surface area contributed by atoms with Gasteiger partial charge in [-0.2, -0.15) is 0 Å². The molecule has 0 fully saturated rings. The molecule has 0 aliphatic carbocycles. The van der Waals surface area contributed by atoms with E-state index in [2.05, 4.69) is 42.5 Å². The molecule has 0 radical (unpaired) electrons. The van der Waals surface area contributed by atoms with E-state index < -0.39 is 24.2 Å². The highest BCUT2D eigenvalue weighted by Crippen LogP contribution is 2.48. The zero-order valence-corrected chi connectivity index (χ0v) is 27.1. The maximum atomic E-state index is 8.57. The molecule has 51 heavy (non-hydrogen) atoms. The number of fused-ring (bicyclic) bond motifs is 5. The summed E-state index contributed by atoms with van der Waals surface area (Å²) in [5.74, 6) is 0. The Morgan fingerprint density at radius 2 is 0.824 bits per heavy atom. The van der Waals surface area contributed by atoms with Crippen LogP contribution in [0.25, 0.3) is 99.1 Å². The van der Waals surface area contributed by atoms with Gasteiger partial charge in [0.2, 0.25) is 0 Å². The molecule has 0 bridgehead atoms. The second kappa shape index (κ2) is 12.0. The number of rotatable bonds is 5. The lowest BCUT2D eigenvalue weighted by Crippen LogP contribution is -1.93. The molecule has 0 amide bonds. The Labute approximate surface area is 310 Å². The summed E-state index contributed by atoms with van der Waals surface area (Å²) in [4.78, 5) is 0. The van der Waals surface area contributed by atoms with Gasteiger partial charge in [0.1, 0.15) is 11.2 Å². The fraction of sp³-hybridized carbons (Fsp3) is 0. The summed E-state index contributed by atoms with van der Waals surface area (Å²) in [7, 11) is 0. The van der Waals surface area contributed by atoms with Gasteiger partial charge in [0, 0.05) is 10.8 Å². The maximum Gasteiger partial charge on any atom is 0.136 e. The van der Waals surface area contributed by atoms with Crippen LogP contribution in [-0.4, -0.2) is 0 Å². The zero-order valence-electron chi connectivity index (χ0n) is 37.1. The molecule has 0 atom stereocenters. The van der Waals surface area contributed by atoms with E-state index in [9.17, 15) is 0 Å². The van der Waals surface area contributed by atoms with E-state index in [1.165, 1.54) is 0 Å². The highest BCUT2D eigenvalue weighted by Gasteiger charge is 2.21. The topological polar surface area (TPSA) is 13.1 Å². The fourth-order valence-corrected chi connectivity index (χ4v) is 7.46. The summed E-state index contributed by atoms with van der Waals surface area (Å²) in [6.07, 6.45) is 0. The summed E-state index contributed by atoms with van der Waals surface area (Å²) in [6, 6.07) is 40.4. The van der Waals surface area contributed by atoms with Gasteiger partial charge in [-0.3, -0.25) is 0 Å². The predicted molar refractivity (Wildman–Crippen MR) is 216 cm³/mol. The van der Waals surface area contributed by atoms with Crippen molar-refractivity contribution in [2.24, 2.45) is 0 Å². The van der Waals surface area contributed by atoms with Gasteiger partial charge in [-0.15, -0.1) is 0 Å². The molecule has 10 aromatic rings. The molecule has 0 aliphatic heterocycles. The molecular weight excluding hydrogens is 617 g/mol. The second-order valence-corrected chi connectivity index (χ2v) is 12.5. The van der Waals surface area contributed by atoms with Gasteiger partial charge in [-0.1, -0.05) is 176 Å². The minimum atomic E-state index is -0.439. The van der Waals surface area contributed by atoms with Gasteiger partial charge in [0.15, 0.2) is 0 Å². The highest BCUT2D eigenvalue weighted by atomic mass is 16.3. The third-order valence-electron chi connectivity index (χ3n) is 9.67.